The number of nitro benzene ring substituents is 1. The molecule has 0 atom stereocenters. The van der Waals surface area contributed by atoms with Crippen LogP contribution >= 0.6 is 15.9 Å². The molecular formula is C19H24BrN3O3+2. The molecule has 3 rings (SSSR count). The van der Waals surface area contributed by atoms with E-state index in [9.17, 15) is 10.1 Å². The van der Waals surface area contributed by atoms with E-state index in [2.05, 4.69) is 22.0 Å². The normalized spacial score (nSPS) is 19.9. The molecule has 0 radical (unpaired) electrons. The molecule has 7 heteroatoms. The summed E-state index contributed by atoms with van der Waals surface area (Å²) in [6.07, 6.45) is 0. The maximum absolute atomic E-state index is 10.7. The lowest BCUT2D eigenvalue weighted by molar-refractivity contribution is -1.02. The number of methoxy groups -OCH3 is 1. The molecule has 1 fully saturated rings. The van der Waals surface area contributed by atoms with Gasteiger partial charge in [-0.25, -0.2) is 0 Å². The number of nitrogens with zero attached hydrogens (tertiary/aromatic N) is 1. The van der Waals surface area contributed by atoms with E-state index < -0.39 is 0 Å². The van der Waals surface area contributed by atoms with Crippen LogP contribution in [0.2, 0.25) is 0 Å². The van der Waals surface area contributed by atoms with Crippen molar-refractivity contribution in [1.29, 1.82) is 0 Å². The van der Waals surface area contributed by atoms with Crippen molar-refractivity contribution in [3.05, 3.63) is 68.2 Å². The Labute approximate surface area is 161 Å². The molecule has 0 saturated carbocycles. The fourth-order valence-electron chi connectivity index (χ4n) is 3.49. The molecule has 138 valence electrons. The number of halogens is 1. The van der Waals surface area contributed by atoms with Crippen molar-refractivity contribution >= 4 is 21.6 Å². The molecule has 0 spiro atoms. The lowest BCUT2D eigenvalue weighted by atomic mass is 10.1. The van der Waals surface area contributed by atoms with E-state index in [1.54, 1.807) is 24.1 Å². The van der Waals surface area contributed by atoms with Gasteiger partial charge in [-0.2, -0.15) is 0 Å². The van der Waals surface area contributed by atoms with Crippen molar-refractivity contribution in [2.75, 3.05) is 33.3 Å². The van der Waals surface area contributed by atoms with Gasteiger partial charge in [0.25, 0.3) is 5.69 Å². The van der Waals surface area contributed by atoms with Crippen LogP contribution in [0.15, 0.2) is 46.9 Å². The Morgan fingerprint density at radius 2 is 1.65 bits per heavy atom. The highest BCUT2D eigenvalue weighted by atomic mass is 79.9. The van der Waals surface area contributed by atoms with Gasteiger partial charge in [-0.1, -0.05) is 15.9 Å². The van der Waals surface area contributed by atoms with Crippen LogP contribution in [-0.4, -0.2) is 38.2 Å². The lowest BCUT2D eigenvalue weighted by Gasteiger charge is -2.30. The van der Waals surface area contributed by atoms with Gasteiger partial charge in [-0.15, -0.1) is 0 Å². The molecule has 26 heavy (non-hydrogen) atoms. The van der Waals surface area contributed by atoms with E-state index in [4.69, 9.17) is 4.74 Å². The zero-order valence-corrected chi connectivity index (χ0v) is 16.4. The first-order valence-electron chi connectivity index (χ1n) is 8.78. The summed E-state index contributed by atoms with van der Waals surface area (Å²) in [7, 11) is 1.72. The van der Waals surface area contributed by atoms with Crippen LogP contribution in [0, 0.1) is 10.1 Å². The first-order valence-corrected chi connectivity index (χ1v) is 9.57. The zero-order chi connectivity index (χ0) is 18.5. The van der Waals surface area contributed by atoms with Gasteiger partial charge in [0.2, 0.25) is 0 Å². The molecule has 2 aromatic carbocycles. The molecular weight excluding hydrogens is 398 g/mol. The fourth-order valence-corrected chi connectivity index (χ4v) is 3.90. The van der Waals surface area contributed by atoms with Gasteiger partial charge in [-0.3, -0.25) is 10.1 Å². The van der Waals surface area contributed by atoms with Crippen LogP contribution in [0.1, 0.15) is 11.1 Å². The lowest BCUT2D eigenvalue weighted by Crippen LogP contribution is -3.27. The molecule has 0 bridgehead atoms. The summed E-state index contributed by atoms with van der Waals surface area (Å²) in [6, 6.07) is 13.1. The van der Waals surface area contributed by atoms with Gasteiger partial charge in [0.1, 0.15) is 45.0 Å². The smallest absolute Gasteiger partial charge is 0.269 e. The molecule has 1 heterocycles. The second kappa shape index (κ2) is 8.62. The van der Waals surface area contributed by atoms with E-state index >= 15 is 0 Å². The Morgan fingerprint density at radius 1 is 1.04 bits per heavy atom. The predicted molar refractivity (Wildman–Crippen MR) is 103 cm³/mol. The average molecular weight is 422 g/mol. The number of hydrogen-bond acceptors (Lipinski definition) is 3. The Balaban J connectivity index is 1.53. The number of nitro groups is 1. The minimum Gasteiger partial charge on any atom is -0.496 e. The predicted octanol–water partition coefficient (Wildman–Crippen LogP) is 0.850. The average Bonchev–Trinajstić information content (AvgIpc) is 2.64. The number of non-ortho nitro benzene ring substituents is 1. The molecule has 2 aromatic rings. The third-order valence-electron chi connectivity index (χ3n) is 4.95. The number of benzene rings is 2. The van der Waals surface area contributed by atoms with Gasteiger partial charge in [0.15, 0.2) is 0 Å². The highest BCUT2D eigenvalue weighted by Crippen LogP contribution is 2.22. The van der Waals surface area contributed by atoms with Crippen LogP contribution in [0.3, 0.4) is 0 Å². The molecule has 6 nitrogen and oxygen atoms in total. The second-order valence-electron chi connectivity index (χ2n) is 6.73. The molecule has 1 saturated heterocycles. The van der Waals surface area contributed by atoms with Gasteiger partial charge in [0.05, 0.1) is 12.0 Å². The molecule has 0 aromatic heterocycles. The third kappa shape index (κ3) is 4.81. The van der Waals surface area contributed by atoms with Crippen LogP contribution in [0.4, 0.5) is 5.69 Å². The third-order valence-corrected chi connectivity index (χ3v) is 5.44. The van der Waals surface area contributed by atoms with E-state index in [0.29, 0.717) is 0 Å². The van der Waals surface area contributed by atoms with Crippen LogP contribution in [0.5, 0.6) is 5.75 Å². The van der Waals surface area contributed by atoms with E-state index in [1.165, 1.54) is 10.5 Å². The number of hydrogen-bond donors (Lipinski definition) is 2. The number of quaternary nitrogens is 2. The largest absolute Gasteiger partial charge is 0.496 e. The van der Waals surface area contributed by atoms with Crippen molar-refractivity contribution in [1.82, 2.24) is 0 Å². The van der Waals surface area contributed by atoms with E-state index in [0.717, 1.165) is 55.1 Å². The summed E-state index contributed by atoms with van der Waals surface area (Å²) in [5, 5.41) is 10.7. The van der Waals surface area contributed by atoms with E-state index in [-0.39, 0.29) is 10.6 Å². The SMILES string of the molecule is COc1ccc(Br)cc1C[NH+]1CC[NH+](Cc2ccc([N+](=O)[O-])cc2)CC1. The Hall–Kier alpha value is -1.96. The highest BCUT2D eigenvalue weighted by molar-refractivity contribution is 9.10. The monoisotopic (exact) mass is 421 g/mol. The minimum absolute atomic E-state index is 0.154. The Bertz CT molecular complexity index is 759. The molecule has 0 amide bonds. The highest BCUT2D eigenvalue weighted by Gasteiger charge is 2.24. The standard InChI is InChI=1S/C19H22BrN3O3/c1-26-19-7-4-17(20)12-16(19)14-22-10-8-21(9-11-22)13-15-2-5-18(6-3-15)23(24)25/h2-7,12H,8-11,13-14H2,1H3/p+2. The summed E-state index contributed by atoms with van der Waals surface area (Å²) >= 11 is 3.54. The van der Waals surface area contributed by atoms with Gasteiger partial charge in [-0.05, 0) is 30.3 Å². The summed E-state index contributed by atoms with van der Waals surface area (Å²) < 4.78 is 6.56. The van der Waals surface area contributed by atoms with Crippen LogP contribution in [0.25, 0.3) is 0 Å². The summed E-state index contributed by atoms with van der Waals surface area (Å²) in [4.78, 5) is 13.5. The van der Waals surface area contributed by atoms with Crippen molar-refractivity contribution in [3.63, 3.8) is 0 Å². The Morgan fingerprint density at radius 3 is 2.23 bits per heavy atom. The van der Waals surface area contributed by atoms with Gasteiger partial charge in [0, 0.05) is 27.7 Å². The zero-order valence-electron chi connectivity index (χ0n) is 14.8. The molecule has 1 aliphatic heterocycles. The quantitative estimate of drug-likeness (QED) is 0.536. The van der Waals surface area contributed by atoms with Crippen molar-refractivity contribution < 1.29 is 19.5 Å². The maximum atomic E-state index is 10.7. The fraction of sp³-hybridized carbons (Fsp3) is 0.368. The number of ether oxygens (including phenoxy) is 1. The summed E-state index contributed by atoms with van der Waals surface area (Å²) in [6.45, 7) is 6.31. The summed E-state index contributed by atoms with van der Waals surface area (Å²) in [5.74, 6) is 0.946. The molecule has 2 N–H and O–H groups in total. The number of rotatable bonds is 6. The maximum Gasteiger partial charge on any atom is 0.269 e. The van der Waals surface area contributed by atoms with Crippen molar-refractivity contribution in [3.8, 4) is 5.75 Å². The van der Waals surface area contributed by atoms with Crippen molar-refractivity contribution in [2.24, 2.45) is 0 Å². The van der Waals surface area contributed by atoms with Crippen molar-refractivity contribution in [2.45, 2.75) is 13.1 Å². The van der Waals surface area contributed by atoms with E-state index in [1.807, 2.05) is 24.3 Å². The number of piperazine rings is 1. The molecule has 0 aliphatic carbocycles. The van der Waals surface area contributed by atoms with Crippen LogP contribution < -0.4 is 14.5 Å². The first-order chi connectivity index (χ1) is 12.5. The summed E-state index contributed by atoms with van der Waals surface area (Å²) in [5.41, 5.74) is 2.54. The first kappa shape index (κ1) is 18.8. The topological polar surface area (TPSA) is 61.2 Å². The molecule has 1 aliphatic rings. The minimum atomic E-state index is -0.352. The Kier molecular flexibility index (Phi) is 6.24. The van der Waals surface area contributed by atoms with Gasteiger partial charge < -0.3 is 14.5 Å². The van der Waals surface area contributed by atoms with Gasteiger partial charge >= 0.3 is 0 Å². The van der Waals surface area contributed by atoms with Crippen LogP contribution in [-0.2, 0) is 13.1 Å². The molecule has 0 unspecified atom stereocenters. The number of nitrogens with one attached hydrogen (secondary N) is 2. The second-order valence-corrected chi connectivity index (χ2v) is 7.65.